The highest BCUT2D eigenvalue weighted by atomic mass is 16.3. The van der Waals surface area contributed by atoms with Crippen molar-refractivity contribution in [1.82, 2.24) is 15.3 Å². The van der Waals surface area contributed by atoms with Crippen molar-refractivity contribution in [3.05, 3.63) is 65.6 Å². The molecule has 2 heterocycles. The summed E-state index contributed by atoms with van der Waals surface area (Å²) < 4.78 is 0. The van der Waals surface area contributed by atoms with Crippen molar-refractivity contribution in [2.75, 3.05) is 0 Å². The van der Waals surface area contributed by atoms with Crippen LogP contribution < -0.4 is 5.32 Å². The summed E-state index contributed by atoms with van der Waals surface area (Å²) in [7, 11) is 0. The number of fused-ring (bicyclic) bond motifs is 2. The van der Waals surface area contributed by atoms with E-state index in [1.54, 1.807) is 24.5 Å². The van der Waals surface area contributed by atoms with Gasteiger partial charge in [0, 0.05) is 17.8 Å². The maximum Gasteiger partial charge on any atom is 0.274 e. The number of rotatable bonds is 2. The number of carbonyl (C=O) groups is 1. The van der Waals surface area contributed by atoms with Crippen molar-refractivity contribution >= 4 is 16.8 Å². The van der Waals surface area contributed by atoms with Crippen LogP contribution in [0.3, 0.4) is 0 Å². The van der Waals surface area contributed by atoms with E-state index in [0.717, 1.165) is 18.4 Å². The second-order valence-corrected chi connectivity index (χ2v) is 5.66. The molecule has 0 radical (unpaired) electrons. The number of nitrogens with zero attached hydrogens (tertiary/aromatic N) is 2. The highest BCUT2D eigenvalue weighted by molar-refractivity contribution is 6.00. The number of amides is 1. The quantitative estimate of drug-likeness (QED) is 0.763. The third-order valence-electron chi connectivity index (χ3n) is 4.27. The van der Waals surface area contributed by atoms with E-state index in [9.17, 15) is 9.90 Å². The number of hydrogen-bond acceptors (Lipinski definition) is 4. The van der Waals surface area contributed by atoms with Crippen molar-refractivity contribution in [2.45, 2.75) is 18.9 Å². The molecule has 1 unspecified atom stereocenters. The molecule has 2 aromatic heterocycles. The average Bonchev–Trinajstić information content (AvgIpc) is 2.98. The molecule has 5 heteroatoms. The van der Waals surface area contributed by atoms with Crippen LogP contribution in [0, 0.1) is 0 Å². The Labute approximate surface area is 133 Å². The number of aromatic nitrogens is 2. The van der Waals surface area contributed by atoms with Crippen LogP contribution in [-0.2, 0) is 6.42 Å². The van der Waals surface area contributed by atoms with Crippen LogP contribution in [0.25, 0.3) is 10.9 Å². The topological polar surface area (TPSA) is 75.1 Å². The Kier molecular flexibility index (Phi) is 3.19. The number of benzene rings is 1. The summed E-state index contributed by atoms with van der Waals surface area (Å²) in [6, 6.07) is 11.6. The van der Waals surface area contributed by atoms with Crippen molar-refractivity contribution in [3.63, 3.8) is 0 Å². The van der Waals surface area contributed by atoms with E-state index in [2.05, 4.69) is 21.4 Å². The zero-order valence-electron chi connectivity index (χ0n) is 12.4. The molecule has 0 spiro atoms. The summed E-state index contributed by atoms with van der Waals surface area (Å²) in [6.07, 6.45) is 4.94. The minimum absolute atomic E-state index is 0.0144. The van der Waals surface area contributed by atoms with Gasteiger partial charge in [-0.2, -0.15) is 0 Å². The van der Waals surface area contributed by atoms with E-state index >= 15 is 0 Å². The maximum absolute atomic E-state index is 12.5. The Morgan fingerprint density at radius 1 is 1.17 bits per heavy atom. The highest BCUT2D eigenvalue weighted by Crippen LogP contribution is 2.31. The van der Waals surface area contributed by atoms with Gasteiger partial charge in [0.1, 0.15) is 5.52 Å². The molecule has 23 heavy (non-hydrogen) atoms. The summed E-state index contributed by atoms with van der Waals surface area (Å²) in [4.78, 5) is 20.7. The van der Waals surface area contributed by atoms with Gasteiger partial charge in [-0.3, -0.25) is 9.78 Å². The lowest BCUT2D eigenvalue weighted by Gasteiger charge is -2.14. The molecule has 114 valence electrons. The van der Waals surface area contributed by atoms with Gasteiger partial charge >= 0.3 is 0 Å². The summed E-state index contributed by atoms with van der Waals surface area (Å²) in [5, 5.41) is 14.0. The molecule has 5 nitrogen and oxygen atoms in total. The van der Waals surface area contributed by atoms with Gasteiger partial charge in [-0.15, -0.1) is 0 Å². The van der Waals surface area contributed by atoms with Crippen molar-refractivity contribution in [2.24, 2.45) is 0 Å². The fraction of sp³-hybridized carbons (Fsp3) is 0.167. The lowest BCUT2D eigenvalue weighted by Crippen LogP contribution is -2.28. The molecule has 0 bridgehead atoms. The standard InChI is InChI=1S/C18H15N3O2/c22-17-15-12(5-3-9-19-15)10-20-16(17)18(23)21-14-8-7-11-4-1-2-6-13(11)14/h1-6,9-10,14,22H,7-8H2,(H,21,23). The molecule has 1 aliphatic rings. The van der Waals surface area contributed by atoms with Crippen LogP contribution in [-0.4, -0.2) is 21.0 Å². The second-order valence-electron chi connectivity index (χ2n) is 5.66. The molecule has 0 fully saturated rings. The van der Waals surface area contributed by atoms with E-state index < -0.39 is 0 Å². The molecule has 1 amide bonds. The van der Waals surface area contributed by atoms with Gasteiger partial charge in [0.05, 0.1) is 6.04 Å². The van der Waals surface area contributed by atoms with Gasteiger partial charge in [-0.1, -0.05) is 24.3 Å². The first kappa shape index (κ1) is 13.7. The smallest absolute Gasteiger partial charge is 0.274 e. The lowest BCUT2D eigenvalue weighted by atomic mass is 10.1. The summed E-state index contributed by atoms with van der Waals surface area (Å²) in [6.45, 7) is 0. The lowest BCUT2D eigenvalue weighted by molar-refractivity contribution is 0.0929. The third-order valence-corrected chi connectivity index (χ3v) is 4.27. The first-order chi connectivity index (χ1) is 11.2. The Morgan fingerprint density at radius 3 is 2.96 bits per heavy atom. The van der Waals surface area contributed by atoms with Crippen LogP contribution in [0.5, 0.6) is 5.75 Å². The average molecular weight is 305 g/mol. The van der Waals surface area contributed by atoms with Gasteiger partial charge in [-0.05, 0) is 36.1 Å². The molecule has 1 aliphatic carbocycles. The number of aryl methyl sites for hydroxylation is 1. The molecular formula is C18H15N3O2. The third kappa shape index (κ3) is 2.30. The first-order valence-corrected chi connectivity index (χ1v) is 7.55. The zero-order valence-corrected chi connectivity index (χ0v) is 12.4. The van der Waals surface area contributed by atoms with E-state index in [0.29, 0.717) is 10.9 Å². The van der Waals surface area contributed by atoms with Crippen LogP contribution in [0.4, 0.5) is 0 Å². The Bertz CT molecular complexity index is 908. The van der Waals surface area contributed by atoms with Gasteiger partial charge in [0.2, 0.25) is 0 Å². The van der Waals surface area contributed by atoms with Gasteiger partial charge in [0.15, 0.2) is 11.4 Å². The van der Waals surface area contributed by atoms with Crippen molar-refractivity contribution in [1.29, 1.82) is 0 Å². The van der Waals surface area contributed by atoms with E-state index in [1.807, 2.05) is 18.2 Å². The number of pyridine rings is 2. The van der Waals surface area contributed by atoms with Crippen LogP contribution in [0.2, 0.25) is 0 Å². The van der Waals surface area contributed by atoms with Crippen molar-refractivity contribution < 1.29 is 9.90 Å². The molecule has 0 aliphatic heterocycles. The van der Waals surface area contributed by atoms with E-state index in [4.69, 9.17) is 0 Å². The monoisotopic (exact) mass is 305 g/mol. The summed E-state index contributed by atoms with van der Waals surface area (Å²) in [5.41, 5.74) is 2.80. The SMILES string of the molecule is O=C(NC1CCc2ccccc21)c1ncc2cccnc2c1O. The predicted octanol–water partition coefficient (Wildman–Crippen LogP) is 2.75. The fourth-order valence-electron chi connectivity index (χ4n) is 3.13. The van der Waals surface area contributed by atoms with E-state index in [1.165, 1.54) is 5.56 Å². The molecule has 0 saturated carbocycles. The second kappa shape index (κ2) is 5.35. The molecule has 1 atom stereocenters. The molecule has 1 aromatic carbocycles. The fourth-order valence-corrected chi connectivity index (χ4v) is 3.13. The number of hydrogen-bond donors (Lipinski definition) is 2. The molecule has 0 saturated heterocycles. The molecule has 4 rings (SSSR count). The number of carbonyl (C=O) groups excluding carboxylic acids is 1. The van der Waals surface area contributed by atoms with Crippen LogP contribution in [0.15, 0.2) is 48.8 Å². The Hall–Kier alpha value is -2.95. The van der Waals surface area contributed by atoms with Crippen LogP contribution in [0.1, 0.15) is 34.1 Å². The number of nitrogens with one attached hydrogen (secondary N) is 1. The van der Waals surface area contributed by atoms with E-state index in [-0.39, 0.29) is 23.4 Å². The van der Waals surface area contributed by atoms with Gasteiger partial charge in [-0.25, -0.2) is 4.98 Å². The van der Waals surface area contributed by atoms with Crippen LogP contribution >= 0.6 is 0 Å². The van der Waals surface area contributed by atoms with Gasteiger partial charge in [0.25, 0.3) is 5.91 Å². The first-order valence-electron chi connectivity index (χ1n) is 7.55. The number of aromatic hydroxyl groups is 1. The highest BCUT2D eigenvalue weighted by Gasteiger charge is 2.25. The van der Waals surface area contributed by atoms with Crippen molar-refractivity contribution in [3.8, 4) is 5.75 Å². The Balaban J connectivity index is 1.64. The van der Waals surface area contributed by atoms with Gasteiger partial charge < -0.3 is 10.4 Å². The Morgan fingerprint density at radius 2 is 2.04 bits per heavy atom. The normalized spacial score (nSPS) is 16.3. The zero-order chi connectivity index (χ0) is 15.8. The largest absolute Gasteiger partial charge is 0.504 e. The summed E-state index contributed by atoms with van der Waals surface area (Å²) in [5.74, 6) is -0.552. The summed E-state index contributed by atoms with van der Waals surface area (Å²) >= 11 is 0. The molecular weight excluding hydrogens is 290 g/mol. The molecule has 2 N–H and O–H groups in total. The minimum atomic E-state index is -0.378. The molecule has 3 aromatic rings. The minimum Gasteiger partial charge on any atom is -0.504 e. The maximum atomic E-state index is 12.5. The predicted molar refractivity (Wildman–Crippen MR) is 86.2 cm³/mol.